The maximum atomic E-state index is 11.9. The van der Waals surface area contributed by atoms with E-state index in [0.29, 0.717) is 12.3 Å². The van der Waals surface area contributed by atoms with Crippen molar-refractivity contribution in [1.82, 2.24) is 14.9 Å². The van der Waals surface area contributed by atoms with Crippen LogP contribution in [0.25, 0.3) is 0 Å². The molecule has 0 unspecified atom stereocenters. The van der Waals surface area contributed by atoms with Crippen molar-refractivity contribution in [3.05, 3.63) is 22.7 Å². The van der Waals surface area contributed by atoms with Crippen LogP contribution in [0.2, 0.25) is 0 Å². The second-order valence-corrected chi connectivity index (χ2v) is 5.98. The number of nitrogens with zero attached hydrogens (tertiary/aromatic N) is 2. The van der Waals surface area contributed by atoms with Crippen molar-refractivity contribution in [3.63, 3.8) is 0 Å². The van der Waals surface area contributed by atoms with Crippen molar-refractivity contribution in [1.29, 1.82) is 0 Å². The molecule has 0 aromatic carbocycles. The van der Waals surface area contributed by atoms with Crippen molar-refractivity contribution in [2.24, 2.45) is 5.92 Å². The van der Waals surface area contributed by atoms with Crippen LogP contribution in [-0.2, 0) is 19.0 Å². The predicted octanol–water partition coefficient (Wildman–Crippen LogP) is -0.370. The van der Waals surface area contributed by atoms with E-state index in [1.165, 1.54) is 16.8 Å². The number of nitrogens with one attached hydrogen (secondary N) is 1. The van der Waals surface area contributed by atoms with E-state index >= 15 is 0 Å². The minimum absolute atomic E-state index is 0.0114. The molecule has 3 rings (SSSR count). The van der Waals surface area contributed by atoms with Crippen LogP contribution in [0.1, 0.15) is 25.5 Å². The fraction of sp³-hybridized carbons (Fsp3) is 0.667. The zero-order chi connectivity index (χ0) is 16.9. The SMILES string of the molecule is Nc1ccn([C@@H]2CO[C@H](COC(=O)CC3CCNCC3)O2)c(=O)n1. The number of piperidine rings is 1. The summed E-state index contributed by atoms with van der Waals surface area (Å²) in [5.74, 6) is 0.277. The molecule has 2 aliphatic heterocycles. The van der Waals surface area contributed by atoms with Gasteiger partial charge in [-0.3, -0.25) is 9.36 Å². The maximum absolute atomic E-state index is 11.9. The first-order valence-electron chi connectivity index (χ1n) is 8.10. The van der Waals surface area contributed by atoms with Crippen molar-refractivity contribution in [2.75, 3.05) is 32.0 Å². The normalized spacial score (nSPS) is 24.8. The molecule has 2 aliphatic rings. The van der Waals surface area contributed by atoms with E-state index < -0.39 is 18.2 Å². The van der Waals surface area contributed by atoms with Gasteiger partial charge in [-0.1, -0.05) is 0 Å². The van der Waals surface area contributed by atoms with Crippen LogP contribution >= 0.6 is 0 Å². The topological polar surface area (TPSA) is 118 Å². The highest BCUT2D eigenvalue weighted by atomic mass is 16.7. The van der Waals surface area contributed by atoms with Crippen LogP contribution in [-0.4, -0.2) is 48.1 Å². The molecule has 2 saturated heterocycles. The Balaban J connectivity index is 1.44. The van der Waals surface area contributed by atoms with E-state index in [1.807, 2.05) is 0 Å². The van der Waals surface area contributed by atoms with E-state index in [0.717, 1.165) is 25.9 Å². The number of hydrogen-bond acceptors (Lipinski definition) is 8. The van der Waals surface area contributed by atoms with Crippen molar-refractivity contribution >= 4 is 11.8 Å². The van der Waals surface area contributed by atoms with E-state index in [1.54, 1.807) is 0 Å². The third-order valence-electron chi connectivity index (χ3n) is 4.19. The number of ether oxygens (including phenoxy) is 3. The molecule has 0 saturated carbocycles. The summed E-state index contributed by atoms with van der Waals surface area (Å²) in [6.45, 7) is 2.08. The van der Waals surface area contributed by atoms with Gasteiger partial charge in [0.15, 0.2) is 12.5 Å². The molecular weight excluding hydrogens is 316 g/mol. The molecule has 0 radical (unpaired) electrons. The van der Waals surface area contributed by atoms with Gasteiger partial charge in [-0.05, 0) is 37.9 Å². The monoisotopic (exact) mass is 338 g/mol. The number of carbonyl (C=O) groups is 1. The van der Waals surface area contributed by atoms with E-state index in [-0.39, 0.29) is 25.0 Å². The molecule has 0 spiro atoms. The highest BCUT2D eigenvalue weighted by Crippen LogP contribution is 2.21. The van der Waals surface area contributed by atoms with E-state index in [9.17, 15) is 9.59 Å². The van der Waals surface area contributed by atoms with Crippen LogP contribution < -0.4 is 16.7 Å². The third kappa shape index (κ3) is 4.31. The van der Waals surface area contributed by atoms with Gasteiger partial charge in [0.2, 0.25) is 0 Å². The van der Waals surface area contributed by atoms with Gasteiger partial charge in [0.25, 0.3) is 0 Å². The van der Waals surface area contributed by atoms with Gasteiger partial charge in [0.1, 0.15) is 12.4 Å². The summed E-state index contributed by atoms with van der Waals surface area (Å²) in [5, 5.41) is 3.26. The highest BCUT2D eigenvalue weighted by molar-refractivity contribution is 5.69. The summed E-state index contributed by atoms with van der Waals surface area (Å²) in [5.41, 5.74) is 4.95. The molecular formula is C15H22N4O5. The number of nitrogens with two attached hydrogens (primary N) is 1. The van der Waals surface area contributed by atoms with Crippen LogP contribution in [0.5, 0.6) is 0 Å². The van der Waals surface area contributed by atoms with Crippen molar-refractivity contribution < 1.29 is 19.0 Å². The third-order valence-corrected chi connectivity index (χ3v) is 4.19. The summed E-state index contributed by atoms with van der Waals surface area (Å²) < 4.78 is 17.5. The second-order valence-electron chi connectivity index (χ2n) is 5.98. The summed E-state index contributed by atoms with van der Waals surface area (Å²) in [7, 11) is 0. The van der Waals surface area contributed by atoms with Crippen LogP contribution in [0, 0.1) is 5.92 Å². The molecule has 9 nitrogen and oxygen atoms in total. The number of esters is 1. The lowest BCUT2D eigenvalue weighted by atomic mass is 9.95. The van der Waals surface area contributed by atoms with Gasteiger partial charge in [-0.15, -0.1) is 0 Å². The van der Waals surface area contributed by atoms with Gasteiger partial charge >= 0.3 is 11.7 Å². The van der Waals surface area contributed by atoms with Crippen LogP contribution in [0.3, 0.4) is 0 Å². The second kappa shape index (κ2) is 7.73. The molecule has 132 valence electrons. The van der Waals surface area contributed by atoms with Gasteiger partial charge < -0.3 is 25.3 Å². The maximum Gasteiger partial charge on any atom is 0.351 e. The molecule has 2 atom stereocenters. The van der Waals surface area contributed by atoms with Gasteiger partial charge in [-0.25, -0.2) is 4.79 Å². The fourth-order valence-electron chi connectivity index (χ4n) is 2.86. The van der Waals surface area contributed by atoms with Gasteiger partial charge in [0, 0.05) is 12.6 Å². The molecule has 3 heterocycles. The zero-order valence-electron chi connectivity index (χ0n) is 13.3. The number of anilines is 1. The van der Waals surface area contributed by atoms with E-state index in [2.05, 4.69) is 10.3 Å². The Morgan fingerprint density at radius 3 is 3.00 bits per heavy atom. The first-order valence-corrected chi connectivity index (χ1v) is 8.10. The Morgan fingerprint density at radius 1 is 1.46 bits per heavy atom. The number of carbonyl (C=O) groups excluding carboxylic acids is 1. The molecule has 0 bridgehead atoms. The first kappa shape index (κ1) is 16.9. The standard InChI is InChI=1S/C15H22N4O5/c16-11-3-6-19(15(21)18-11)12-8-23-14(24-12)9-22-13(20)7-10-1-4-17-5-2-10/h3,6,10,12,14,17H,1-2,4-5,7-9H2,(H2,16,18,21)/t12-,14-/m0/s1. The molecule has 0 amide bonds. The quantitative estimate of drug-likeness (QED) is 0.698. The molecule has 1 aromatic heterocycles. The molecule has 24 heavy (non-hydrogen) atoms. The van der Waals surface area contributed by atoms with Crippen molar-refractivity contribution in [2.45, 2.75) is 31.8 Å². The Hall–Kier alpha value is -1.97. The zero-order valence-corrected chi connectivity index (χ0v) is 13.3. The smallest absolute Gasteiger partial charge is 0.351 e. The first-order chi connectivity index (χ1) is 11.6. The Kier molecular flexibility index (Phi) is 5.44. The lowest BCUT2D eigenvalue weighted by molar-refractivity contribution is -0.160. The summed E-state index contributed by atoms with van der Waals surface area (Å²) in [6.07, 6.45) is 2.61. The fourth-order valence-corrected chi connectivity index (χ4v) is 2.86. The minimum Gasteiger partial charge on any atom is -0.460 e. The minimum atomic E-state index is -0.684. The van der Waals surface area contributed by atoms with Crippen molar-refractivity contribution in [3.8, 4) is 0 Å². The van der Waals surface area contributed by atoms with Gasteiger partial charge in [-0.2, -0.15) is 4.98 Å². The average molecular weight is 338 g/mol. The lowest BCUT2D eigenvalue weighted by Crippen LogP contribution is -2.30. The molecule has 0 aliphatic carbocycles. The lowest BCUT2D eigenvalue weighted by Gasteiger charge is -2.21. The molecule has 2 fully saturated rings. The summed E-state index contributed by atoms with van der Waals surface area (Å²) in [4.78, 5) is 27.3. The Labute approximate surface area is 139 Å². The average Bonchev–Trinajstić information content (AvgIpc) is 3.02. The molecule has 3 N–H and O–H groups in total. The largest absolute Gasteiger partial charge is 0.460 e. The summed E-state index contributed by atoms with van der Waals surface area (Å²) in [6, 6.07) is 1.51. The van der Waals surface area contributed by atoms with Gasteiger partial charge in [0.05, 0.1) is 6.61 Å². The number of nitrogen functional groups attached to an aromatic ring is 1. The number of aromatic nitrogens is 2. The Morgan fingerprint density at radius 2 is 2.25 bits per heavy atom. The molecule has 9 heteroatoms. The predicted molar refractivity (Wildman–Crippen MR) is 83.9 cm³/mol. The van der Waals surface area contributed by atoms with Crippen LogP contribution in [0.4, 0.5) is 5.82 Å². The molecule has 1 aromatic rings. The van der Waals surface area contributed by atoms with E-state index in [4.69, 9.17) is 19.9 Å². The Bertz CT molecular complexity index is 629. The number of rotatable bonds is 5. The summed E-state index contributed by atoms with van der Waals surface area (Å²) >= 11 is 0. The highest BCUT2D eigenvalue weighted by Gasteiger charge is 2.29. The van der Waals surface area contributed by atoms with Crippen LogP contribution in [0.15, 0.2) is 17.1 Å². The number of hydrogen-bond donors (Lipinski definition) is 2.